The van der Waals surface area contributed by atoms with Gasteiger partial charge in [0.1, 0.15) is 0 Å². The van der Waals surface area contributed by atoms with Crippen LogP contribution in [0, 0.1) is 5.92 Å². The van der Waals surface area contributed by atoms with Crippen LogP contribution in [0.5, 0.6) is 0 Å². The molecule has 0 aromatic heterocycles. The molecule has 0 heterocycles. The predicted molar refractivity (Wildman–Crippen MR) is 79.2 cm³/mol. The third-order valence-electron chi connectivity index (χ3n) is 4.24. The molecule has 18 heavy (non-hydrogen) atoms. The summed E-state index contributed by atoms with van der Waals surface area (Å²) in [7, 11) is 2.09. The molecule has 1 aromatic carbocycles. The number of benzene rings is 1. The van der Waals surface area contributed by atoms with Gasteiger partial charge in [-0.15, -0.1) is 0 Å². The number of hydrogen-bond acceptors (Lipinski definition) is 1. The molecule has 1 N–H and O–H groups in total. The van der Waals surface area contributed by atoms with E-state index in [-0.39, 0.29) is 0 Å². The minimum atomic E-state index is 0.572. The normalized spacial score (nSPS) is 19.4. The Hall–Kier alpha value is -0.530. The van der Waals surface area contributed by atoms with Crippen molar-refractivity contribution in [2.75, 3.05) is 7.05 Å². The zero-order valence-corrected chi connectivity index (χ0v) is 12.0. The van der Waals surface area contributed by atoms with Crippen molar-refractivity contribution in [3.05, 3.63) is 34.9 Å². The van der Waals surface area contributed by atoms with Crippen LogP contribution >= 0.6 is 11.6 Å². The summed E-state index contributed by atoms with van der Waals surface area (Å²) in [5.74, 6) is 0.814. The van der Waals surface area contributed by atoms with Crippen LogP contribution in [0.4, 0.5) is 0 Å². The third kappa shape index (κ3) is 3.73. The van der Waals surface area contributed by atoms with Crippen molar-refractivity contribution >= 4 is 11.6 Å². The first-order valence-electron chi connectivity index (χ1n) is 7.22. The highest BCUT2D eigenvalue weighted by molar-refractivity contribution is 6.31. The van der Waals surface area contributed by atoms with E-state index in [1.165, 1.54) is 44.1 Å². The van der Waals surface area contributed by atoms with Crippen molar-refractivity contribution in [1.82, 2.24) is 5.32 Å². The van der Waals surface area contributed by atoms with E-state index in [9.17, 15) is 0 Å². The molecule has 0 aliphatic heterocycles. The highest BCUT2D eigenvalue weighted by Crippen LogP contribution is 2.28. The van der Waals surface area contributed by atoms with Gasteiger partial charge in [-0.05, 0) is 43.9 Å². The summed E-state index contributed by atoms with van der Waals surface area (Å²) in [6, 6.07) is 8.82. The maximum atomic E-state index is 6.27. The van der Waals surface area contributed by atoms with Gasteiger partial charge in [0.2, 0.25) is 0 Å². The zero-order valence-electron chi connectivity index (χ0n) is 11.3. The molecular weight excluding hydrogens is 242 g/mol. The lowest BCUT2D eigenvalue weighted by molar-refractivity contribution is 0.332. The molecule has 1 aromatic rings. The van der Waals surface area contributed by atoms with E-state index in [2.05, 4.69) is 24.5 Å². The van der Waals surface area contributed by atoms with Gasteiger partial charge >= 0.3 is 0 Å². The summed E-state index contributed by atoms with van der Waals surface area (Å²) in [6.07, 6.45) is 9.42. The molecule has 1 fully saturated rings. The number of likely N-dealkylation sites (N-methyl/N-ethyl adjacent to an activating group) is 1. The van der Waals surface area contributed by atoms with Crippen molar-refractivity contribution < 1.29 is 0 Å². The molecule has 2 heteroatoms. The van der Waals surface area contributed by atoms with E-state index in [1.54, 1.807) is 0 Å². The molecule has 2 rings (SSSR count). The summed E-state index contributed by atoms with van der Waals surface area (Å²) in [6.45, 7) is 0. The summed E-state index contributed by atoms with van der Waals surface area (Å²) < 4.78 is 0. The maximum absolute atomic E-state index is 6.27. The Morgan fingerprint density at radius 3 is 2.44 bits per heavy atom. The third-order valence-corrected chi connectivity index (χ3v) is 4.61. The van der Waals surface area contributed by atoms with Crippen molar-refractivity contribution in [2.45, 2.75) is 51.0 Å². The highest BCUT2D eigenvalue weighted by atomic mass is 35.5. The lowest BCUT2D eigenvalue weighted by Crippen LogP contribution is -2.35. The van der Waals surface area contributed by atoms with Gasteiger partial charge in [0.25, 0.3) is 0 Å². The second-order valence-electron chi connectivity index (χ2n) is 5.44. The molecule has 0 radical (unpaired) electrons. The highest BCUT2D eigenvalue weighted by Gasteiger charge is 2.22. The van der Waals surface area contributed by atoms with Crippen LogP contribution in [0.2, 0.25) is 5.02 Å². The largest absolute Gasteiger partial charge is 0.316 e. The van der Waals surface area contributed by atoms with Crippen LogP contribution in [0.3, 0.4) is 0 Å². The fourth-order valence-corrected chi connectivity index (χ4v) is 3.33. The van der Waals surface area contributed by atoms with Crippen LogP contribution in [-0.4, -0.2) is 13.1 Å². The summed E-state index contributed by atoms with van der Waals surface area (Å²) in [5.41, 5.74) is 1.28. The Morgan fingerprint density at radius 1 is 1.17 bits per heavy atom. The molecule has 1 unspecified atom stereocenters. The second-order valence-corrected chi connectivity index (χ2v) is 5.85. The SMILES string of the molecule is CNC(Cc1ccccc1Cl)C1CCCCCC1. The fourth-order valence-electron chi connectivity index (χ4n) is 3.12. The number of hydrogen-bond donors (Lipinski definition) is 1. The van der Waals surface area contributed by atoms with Crippen molar-refractivity contribution in [2.24, 2.45) is 5.92 Å². The van der Waals surface area contributed by atoms with Gasteiger partial charge in [-0.3, -0.25) is 0 Å². The summed E-state index contributed by atoms with van der Waals surface area (Å²) >= 11 is 6.27. The van der Waals surface area contributed by atoms with E-state index < -0.39 is 0 Å². The van der Waals surface area contributed by atoms with Crippen LogP contribution < -0.4 is 5.32 Å². The van der Waals surface area contributed by atoms with E-state index in [4.69, 9.17) is 11.6 Å². The number of rotatable bonds is 4. The van der Waals surface area contributed by atoms with E-state index in [1.807, 2.05) is 12.1 Å². The first-order valence-corrected chi connectivity index (χ1v) is 7.59. The lowest BCUT2D eigenvalue weighted by Gasteiger charge is -2.26. The van der Waals surface area contributed by atoms with Gasteiger partial charge in [0.05, 0.1) is 0 Å². The summed E-state index contributed by atoms with van der Waals surface area (Å²) in [4.78, 5) is 0. The smallest absolute Gasteiger partial charge is 0.0438 e. The van der Waals surface area contributed by atoms with Crippen molar-refractivity contribution in [1.29, 1.82) is 0 Å². The Bertz CT molecular complexity index is 356. The molecule has 1 saturated carbocycles. The number of halogens is 1. The van der Waals surface area contributed by atoms with Gasteiger partial charge < -0.3 is 5.32 Å². The minimum absolute atomic E-state index is 0.572. The molecule has 0 bridgehead atoms. The van der Waals surface area contributed by atoms with Crippen LogP contribution in [-0.2, 0) is 6.42 Å². The zero-order chi connectivity index (χ0) is 12.8. The van der Waals surface area contributed by atoms with Gasteiger partial charge in [0, 0.05) is 11.1 Å². The van der Waals surface area contributed by atoms with Gasteiger partial charge in [-0.1, -0.05) is 55.5 Å². The average molecular weight is 266 g/mol. The molecule has 0 saturated heterocycles. The second kappa shape index (κ2) is 7.16. The molecule has 0 spiro atoms. The van der Waals surface area contributed by atoms with Crippen molar-refractivity contribution in [3.63, 3.8) is 0 Å². The minimum Gasteiger partial charge on any atom is -0.316 e. The Morgan fingerprint density at radius 2 is 1.83 bits per heavy atom. The number of nitrogens with one attached hydrogen (secondary N) is 1. The molecular formula is C16H24ClN. The van der Waals surface area contributed by atoms with Gasteiger partial charge in [-0.25, -0.2) is 0 Å². The molecule has 1 nitrogen and oxygen atoms in total. The fraction of sp³-hybridized carbons (Fsp3) is 0.625. The molecule has 1 aliphatic rings. The van der Waals surface area contributed by atoms with E-state index in [0.717, 1.165) is 17.4 Å². The predicted octanol–water partition coefficient (Wildman–Crippen LogP) is 4.44. The van der Waals surface area contributed by atoms with E-state index >= 15 is 0 Å². The van der Waals surface area contributed by atoms with Crippen molar-refractivity contribution in [3.8, 4) is 0 Å². The standard InChI is InChI=1S/C16H24ClN/c1-18-16(13-8-4-2-3-5-9-13)12-14-10-6-7-11-15(14)17/h6-7,10-11,13,16,18H,2-5,8-9,12H2,1H3. The van der Waals surface area contributed by atoms with Crippen LogP contribution in [0.15, 0.2) is 24.3 Å². The first kappa shape index (κ1) is 13.9. The molecule has 0 amide bonds. The Balaban J connectivity index is 2.02. The molecule has 1 aliphatic carbocycles. The first-order chi connectivity index (χ1) is 8.81. The van der Waals surface area contributed by atoms with Crippen LogP contribution in [0.25, 0.3) is 0 Å². The monoisotopic (exact) mass is 265 g/mol. The molecule has 100 valence electrons. The Labute approximate surface area is 116 Å². The van der Waals surface area contributed by atoms with Crippen LogP contribution in [0.1, 0.15) is 44.1 Å². The molecule has 1 atom stereocenters. The Kier molecular flexibility index (Phi) is 5.52. The average Bonchev–Trinajstić information content (AvgIpc) is 2.67. The lowest BCUT2D eigenvalue weighted by atomic mass is 9.88. The van der Waals surface area contributed by atoms with E-state index in [0.29, 0.717) is 6.04 Å². The summed E-state index contributed by atoms with van der Waals surface area (Å²) in [5, 5.41) is 4.43. The maximum Gasteiger partial charge on any atom is 0.0438 e. The van der Waals surface area contributed by atoms with Gasteiger partial charge in [0.15, 0.2) is 0 Å². The van der Waals surface area contributed by atoms with Gasteiger partial charge in [-0.2, -0.15) is 0 Å². The topological polar surface area (TPSA) is 12.0 Å². The quantitative estimate of drug-likeness (QED) is 0.794.